The monoisotopic (exact) mass is 280 g/mol. The van der Waals surface area contributed by atoms with Crippen LogP contribution in [0.1, 0.15) is 20.8 Å². The zero-order valence-electron chi connectivity index (χ0n) is 9.81. The van der Waals surface area contributed by atoms with Crippen LogP contribution in [0.5, 0.6) is 0 Å². The van der Waals surface area contributed by atoms with Crippen LogP contribution < -0.4 is 4.90 Å². The molecular weight excluding hydrogens is 266 g/mol. The number of halogens is 3. The molecule has 0 atom stereocenters. The Kier molecular flexibility index (Phi) is 4.33. The maximum absolute atomic E-state index is 6.08. The third-order valence-corrected chi connectivity index (χ3v) is 2.89. The minimum Gasteiger partial charge on any atom is -0.358 e. The molecule has 0 radical (unpaired) electrons. The summed E-state index contributed by atoms with van der Waals surface area (Å²) in [6.07, 6.45) is 0. The SMILES string of the molecule is CN(CC(C)(C)C)c1nc(Cl)c(Cl)cc1Cl. The minimum absolute atomic E-state index is 0.159. The van der Waals surface area contributed by atoms with E-state index in [2.05, 4.69) is 25.8 Å². The normalized spacial score (nSPS) is 11.7. The summed E-state index contributed by atoms with van der Waals surface area (Å²) in [7, 11) is 1.93. The van der Waals surface area contributed by atoms with E-state index < -0.39 is 0 Å². The fourth-order valence-electron chi connectivity index (χ4n) is 1.49. The average molecular weight is 282 g/mol. The van der Waals surface area contributed by atoms with Gasteiger partial charge in [-0.25, -0.2) is 4.98 Å². The standard InChI is InChI=1S/C11H15Cl3N2/c1-11(2,3)6-16(4)10-8(13)5-7(12)9(14)15-10/h5H,6H2,1-4H3. The zero-order chi connectivity index (χ0) is 12.5. The molecule has 0 aromatic carbocycles. The molecule has 16 heavy (non-hydrogen) atoms. The van der Waals surface area contributed by atoms with Gasteiger partial charge in [-0.2, -0.15) is 0 Å². The van der Waals surface area contributed by atoms with E-state index in [9.17, 15) is 0 Å². The van der Waals surface area contributed by atoms with E-state index >= 15 is 0 Å². The number of hydrogen-bond donors (Lipinski definition) is 0. The van der Waals surface area contributed by atoms with Crippen LogP contribution in [-0.2, 0) is 0 Å². The maximum atomic E-state index is 6.08. The van der Waals surface area contributed by atoms with Crippen LogP contribution in [0.3, 0.4) is 0 Å². The zero-order valence-corrected chi connectivity index (χ0v) is 12.1. The fraction of sp³-hybridized carbons (Fsp3) is 0.545. The van der Waals surface area contributed by atoms with Crippen LogP contribution in [0.25, 0.3) is 0 Å². The average Bonchev–Trinajstić information content (AvgIpc) is 2.08. The van der Waals surface area contributed by atoms with Gasteiger partial charge in [0.2, 0.25) is 0 Å². The third kappa shape index (κ3) is 3.69. The second-order valence-corrected chi connectivity index (χ2v) is 6.16. The first-order valence-electron chi connectivity index (χ1n) is 4.93. The summed E-state index contributed by atoms with van der Waals surface area (Å²) in [5.74, 6) is 0.658. The Hall–Kier alpha value is -0.180. The van der Waals surface area contributed by atoms with E-state index in [-0.39, 0.29) is 10.6 Å². The number of rotatable bonds is 2. The lowest BCUT2D eigenvalue weighted by molar-refractivity contribution is 0.418. The molecule has 0 bridgehead atoms. The molecule has 2 nitrogen and oxygen atoms in total. The Balaban J connectivity index is 3.00. The Bertz CT molecular complexity index is 386. The van der Waals surface area contributed by atoms with E-state index in [4.69, 9.17) is 34.8 Å². The molecule has 0 amide bonds. The van der Waals surface area contributed by atoms with Crippen molar-refractivity contribution in [3.8, 4) is 0 Å². The van der Waals surface area contributed by atoms with Crippen LogP contribution in [0.15, 0.2) is 6.07 Å². The molecule has 5 heteroatoms. The lowest BCUT2D eigenvalue weighted by Crippen LogP contribution is -2.30. The Labute approximate surface area is 112 Å². The Morgan fingerprint density at radius 3 is 2.25 bits per heavy atom. The predicted molar refractivity (Wildman–Crippen MR) is 72.0 cm³/mol. The topological polar surface area (TPSA) is 16.1 Å². The van der Waals surface area contributed by atoms with Crippen molar-refractivity contribution in [2.24, 2.45) is 5.41 Å². The summed E-state index contributed by atoms with van der Waals surface area (Å²) >= 11 is 17.8. The van der Waals surface area contributed by atoms with Gasteiger partial charge in [-0.3, -0.25) is 0 Å². The minimum atomic E-state index is 0.159. The first-order valence-corrected chi connectivity index (χ1v) is 6.07. The summed E-state index contributed by atoms with van der Waals surface area (Å²) in [4.78, 5) is 6.16. The number of nitrogens with zero attached hydrogens (tertiary/aromatic N) is 2. The van der Waals surface area contributed by atoms with Gasteiger partial charge in [0, 0.05) is 13.6 Å². The van der Waals surface area contributed by atoms with Crippen molar-refractivity contribution in [3.05, 3.63) is 21.3 Å². The van der Waals surface area contributed by atoms with Crippen molar-refractivity contribution in [3.63, 3.8) is 0 Å². The number of anilines is 1. The summed E-state index contributed by atoms with van der Waals surface area (Å²) in [6.45, 7) is 7.27. The molecule has 1 aromatic rings. The van der Waals surface area contributed by atoms with Gasteiger partial charge in [-0.1, -0.05) is 55.6 Å². The summed E-state index contributed by atoms with van der Waals surface area (Å²) in [6, 6.07) is 1.62. The molecule has 0 fully saturated rings. The van der Waals surface area contributed by atoms with Crippen molar-refractivity contribution in [2.45, 2.75) is 20.8 Å². The van der Waals surface area contributed by atoms with Crippen molar-refractivity contribution in [1.29, 1.82) is 0 Å². The maximum Gasteiger partial charge on any atom is 0.150 e. The molecule has 0 unspecified atom stereocenters. The first-order chi connectivity index (χ1) is 7.20. The van der Waals surface area contributed by atoms with Crippen LogP contribution in [0.4, 0.5) is 5.82 Å². The van der Waals surface area contributed by atoms with Gasteiger partial charge < -0.3 is 4.90 Å². The van der Waals surface area contributed by atoms with Gasteiger partial charge >= 0.3 is 0 Å². The second-order valence-electron chi connectivity index (χ2n) is 4.98. The number of aromatic nitrogens is 1. The molecule has 0 spiro atoms. The summed E-state index contributed by atoms with van der Waals surface area (Å²) in [5, 5.41) is 1.17. The largest absolute Gasteiger partial charge is 0.358 e. The predicted octanol–water partition coefficient (Wildman–Crippen LogP) is 4.52. The molecule has 0 saturated carbocycles. The van der Waals surface area contributed by atoms with Gasteiger partial charge in [0.05, 0.1) is 10.0 Å². The summed E-state index contributed by atoms with van der Waals surface area (Å²) < 4.78 is 0. The molecule has 90 valence electrons. The van der Waals surface area contributed by atoms with E-state index in [1.807, 2.05) is 11.9 Å². The Morgan fingerprint density at radius 2 is 1.75 bits per heavy atom. The van der Waals surface area contributed by atoms with Crippen molar-refractivity contribution >= 4 is 40.6 Å². The molecule has 1 aromatic heterocycles. The molecular formula is C11H15Cl3N2. The lowest BCUT2D eigenvalue weighted by atomic mass is 9.96. The van der Waals surface area contributed by atoms with Gasteiger partial charge in [0.1, 0.15) is 11.0 Å². The second kappa shape index (κ2) is 4.99. The molecule has 1 heterocycles. The van der Waals surface area contributed by atoms with Crippen molar-refractivity contribution in [1.82, 2.24) is 4.98 Å². The third-order valence-electron chi connectivity index (χ3n) is 1.94. The van der Waals surface area contributed by atoms with Crippen LogP contribution >= 0.6 is 34.8 Å². The van der Waals surface area contributed by atoms with E-state index in [1.54, 1.807) is 6.07 Å². The number of hydrogen-bond acceptors (Lipinski definition) is 2. The molecule has 0 N–H and O–H groups in total. The van der Waals surface area contributed by atoms with Gasteiger partial charge in [-0.05, 0) is 11.5 Å². The smallest absolute Gasteiger partial charge is 0.150 e. The van der Waals surface area contributed by atoms with Gasteiger partial charge in [0.25, 0.3) is 0 Å². The van der Waals surface area contributed by atoms with Crippen molar-refractivity contribution in [2.75, 3.05) is 18.5 Å². The van der Waals surface area contributed by atoms with Crippen LogP contribution in [0, 0.1) is 5.41 Å². The van der Waals surface area contributed by atoms with E-state index in [0.29, 0.717) is 15.9 Å². The fourth-order valence-corrected chi connectivity index (χ4v) is 2.13. The molecule has 1 rings (SSSR count). The molecule has 0 saturated heterocycles. The summed E-state index contributed by atoms with van der Waals surface area (Å²) in [5.41, 5.74) is 0.159. The molecule has 0 aliphatic rings. The highest BCUT2D eigenvalue weighted by Gasteiger charge is 2.18. The highest BCUT2D eigenvalue weighted by Crippen LogP contribution is 2.31. The van der Waals surface area contributed by atoms with Crippen LogP contribution in [-0.4, -0.2) is 18.6 Å². The Morgan fingerprint density at radius 1 is 1.19 bits per heavy atom. The molecule has 0 aliphatic carbocycles. The van der Waals surface area contributed by atoms with Gasteiger partial charge in [0.15, 0.2) is 0 Å². The highest BCUT2D eigenvalue weighted by atomic mass is 35.5. The highest BCUT2D eigenvalue weighted by molar-refractivity contribution is 6.42. The number of pyridine rings is 1. The van der Waals surface area contributed by atoms with E-state index in [1.165, 1.54) is 0 Å². The molecule has 0 aliphatic heterocycles. The lowest BCUT2D eigenvalue weighted by Gasteiger charge is -2.28. The quantitative estimate of drug-likeness (QED) is 0.741. The van der Waals surface area contributed by atoms with Gasteiger partial charge in [-0.15, -0.1) is 0 Å². The first kappa shape index (κ1) is 13.9. The van der Waals surface area contributed by atoms with E-state index in [0.717, 1.165) is 6.54 Å². The van der Waals surface area contributed by atoms with Crippen LogP contribution in [0.2, 0.25) is 15.2 Å². The van der Waals surface area contributed by atoms with Crippen molar-refractivity contribution < 1.29 is 0 Å².